The predicted molar refractivity (Wildman–Crippen MR) is 145 cm³/mol. The highest BCUT2D eigenvalue weighted by Crippen LogP contribution is 2.29. The Morgan fingerprint density at radius 1 is 0.545 bits per heavy atom. The minimum absolute atomic E-state index is 0.137. The van der Waals surface area contributed by atoms with E-state index in [1.165, 1.54) is 0 Å². The highest BCUT2D eigenvalue weighted by atomic mass is 15.1. The maximum absolute atomic E-state index is 3.60. The fraction of sp³-hybridized carbons (Fsp3) is 0.387. The van der Waals surface area contributed by atoms with Gasteiger partial charge in [0.05, 0.1) is 11.1 Å². The second-order valence-corrected chi connectivity index (χ2v) is 10.8. The Balaban J connectivity index is 2.54. The second kappa shape index (κ2) is 10.5. The van der Waals surface area contributed by atoms with Gasteiger partial charge in [0.2, 0.25) is 0 Å². The van der Waals surface area contributed by atoms with Gasteiger partial charge in [-0.05, 0) is 48.5 Å². The van der Waals surface area contributed by atoms with Gasteiger partial charge >= 0.3 is 0 Å². The van der Waals surface area contributed by atoms with Crippen LogP contribution in [0.25, 0.3) is 0 Å². The number of hydrogen-bond acceptors (Lipinski definition) is 2. The van der Waals surface area contributed by atoms with E-state index in [1.807, 2.05) is 28.2 Å². The first-order valence-corrected chi connectivity index (χ1v) is 11.4. The average Bonchev–Trinajstić information content (AvgIpc) is 2.72. The van der Waals surface area contributed by atoms with Crippen molar-refractivity contribution in [3.05, 3.63) is 76.5 Å². The van der Waals surface area contributed by atoms with Gasteiger partial charge in [0.25, 0.3) is 0 Å². The Labute approximate surface area is 202 Å². The molecule has 0 heterocycles. The lowest BCUT2D eigenvalue weighted by molar-refractivity contribution is 0.509. The van der Waals surface area contributed by atoms with Crippen LogP contribution in [-0.4, -0.2) is 28.2 Å². The summed E-state index contributed by atoms with van der Waals surface area (Å²) in [6.07, 6.45) is 0. The Kier molecular flexibility index (Phi) is 8.28. The van der Waals surface area contributed by atoms with Crippen LogP contribution in [0.15, 0.2) is 65.4 Å². The Bertz CT molecular complexity index is 1040. The maximum atomic E-state index is 3.60. The van der Waals surface area contributed by atoms with Crippen LogP contribution in [0.1, 0.15) is 52.7 Å². The van der Waals surface area contributed by atoms with Crippen molar-refractivity contribution >= 4 is 11.4 Å². The molecular weight excluding hydrogens is 400 g/mol. The quantitative estimate of drug-likeness (QED) is 0.377. The molecule has 0 atom stereocenters. The number of nitrogens with zero attached hydrogens (tertiary/aromatic N) is 2. The van der Waals surface area contributed by atoms with Gasteiger partial charge in [-0.2, -0.15) is 0 Å². The van der Waals surface area contributed by atoms with Crippen molar-refractivity contribution in [1.29, 1.82) is 0 Å². The van der Waals surface area contributed by atoms with E-state index in [0.717, 1.165) is 33.6 Å². The highest BCUT2D eigenvalue weighted by molar-refractivity contribution is 5.53. The van der Waals surface area contributed by atoms with Crippen molar-refractivity contribution in [2.24, 2.45) is 10.8 Å². The number of hydrogen-bond donors (Lipinski definition) is 0. The van der Waals surface area contributed by atoms with Gasteiger partial charge in [0, 0.05) is 61.5 Å². The Morgan fingerprint density at radius 3 is 1.09 bits per heavy atom. The van der Waals surface area contributed by atoms with E-state index < -0.39 is 0 Å². The van der Waals surface area contributed by atoms with E-state index in [-0.39, 0.29) is 10.8 Å². The molecule has 2 rings (SSSR count). The van der Waals surface area contributed by atoms with Crippen LogP contribution in [0.5, 0.6) is 0 Å². The Hall–Kier alpha value is -3.32. The van der Waals surface area contributed by atoms with Crippen LogP contribution in [0.4, 0.5) is 11.4 Å². The van der Waals surface area contributed by atoms with Crippen LogP contribution in [0.2, 0.25) is 0 Å². The molecular formula is C31H38N2. The molecule has 33 heavy (non-hydrogen) atoms. The monoisotopic (exact) mass is 438 g/mol. The molecule has 0 spiro atoms. The molecule has 0 amide bonds. The molecule has 0 aliphatic carbocycles. The Morgan fingerprint density at radius 2 is 0.848 bits per heavy atom. The van der Waals surface area contributed by atoms with Gasteiger partial charge in [-0.1, -0.05) is 71.0 Å². The summed E-state index contributed by atoms with van der Waals surface area (Å²) in [6, 6.07) is 16.6. The molecule has 0 N–H and O–H groups in total. The molecule has 0 unspecified atom stereocenters. The third kappa shape index (κ3) is 7.95. The summed E-state index contributed by atoms with van der Waals surface area (Å²) in [5.41, 5.74) is 9.56. The van der Waals surface area contributed by atoms with Crippen molar-refractivity contribution in [3.8, 4) is 23.7 Å². The molecule has 0 saturated carbocycles. The molecule has 2 heteroatoms. The minimum atomic E-state index is -0.137. The highest BCUT2D eigenvalue weighted by Gasteiger charge is 2.19. The van der Waals surface area contributed by atoms with E-state index in [0.29, 0.717) is 0 Å². The van der Waals surface area contributed by atoms with Crippen molar-refractivity contribution in [2.45, 2.75) is 41.5 Å². The summed E-state index contributed by atoms with van der Waals surface area (Å²) in [6.45, 7) is 13.0. The first-order chi connectivity index (χ1) is 15.3. The van der Waals surface area contributed by atoms with Crippen LogP contribution >= 0.6 is 0 Å². The summed E-state index contributed by atoms with van der Waals surface area (Å²) < 4.78 is 0. The smallest absolute Gasteiger partial charge is 0.0505 e. The maximum Gasteiger partial charge on any atom is 0.0505 e. The van der Waals surface area contributed by atoms with Crippen LogP contribution < -0.4 is 9.80 Å². The topological polar surface area (TPSA) is 6.48 Å². The fourth-order valence-corrected chi connectivity index (χ4v) is 2.89. The fourth-order valence-electron chi connectivity index (χ4n) is 2.89. The zero-order valence-corrected chi connectivity index (χ0v) is 22.0. The van der Waals surface area contributed by atoms with Gasteiger partial charge in [-0.3, -0.25) is 0 Å². The third-order valence-corrected chi connectivity index (χ3v) is 5.18. The van der Waals surface area contributed by atoms with Crippen LogP contribution in [0.3, 0.4) is 0 Å². The first-order valence-electron chi connectivity index (χ1n) is 11.4. The standard InChI is InChI=1S/C31H38N2/c1-30(2,3)26(17-11-24-13-19-28(20-14-24)32(7)8)23-27(31(4,5)6)18-12-25-15-21-29(22-16-25)33(9)10/h13-16,19-22H,1-10H3. The molecule has 0 fully saturated rings. The van der Waals surface area contributed by atoms with Crippen molar-refractivity contribution < 1.29 is 0 Å². The van der Waals surface area contributed by atoms with E-state index in [1.54, 1.807) is 0 Å². The van der Waals surface area contributed by atoms with Gasteiger partial charge < -0.3 is 9.80 Å². The predicted octanol–water partition coefficient (Wildman–Crippen LogP) is 6.77. The molecule has 0 aliphatic heterocycles. The molecule has 0 aliphatic rings. The SMILES string of the molecule is CN(C)c1ccc(C#CC(=C=C(C#Cc2ccc(N(C)C)cc2)C(C)(C)C)C(C)(C)C)cc1. The zero-order valence-electron chi connectivity index (χ0n) is 22.0. The van der Waals surface area contributed by atoms with Crippen molar-refractivity contribution in [1.82, 2.24) is 0 Å². The largest absolute Gasteiger partial charge is 0.378 e. The van der Waals surface area contributed by atoms with E-state index in [4.69, 9.17) is 0 Å². The van der Waals surface area contributed by atoms with Gasteiger partial charge in [0.15, 0.2) is 0 Å². The summed E-state index contributed by atoms with van der Waals surface area (Å²) in [5.74, 6) is 13.4. The molecule has 0 radical (unpaired) electrons. The number of allylic oxidation sites excluding steroid dienone is 1. The van der Waals surface area contributed by atoms with E-state index in [2.05, 4.69) is 129 Å². The van der Waals surface area contributed by atoms with E-state index in [9.17, 15) is 0 Å². The lowest BCUT2D eigenvalue weighted by Crippen LogP contribution is -2.11. The van der Waals surface area contributed by atoms with Crippen molar-refractivity contribution in [2.75, 3.05) is 38.0 Å². The van der Waals surface area contributed by atoms with Gasteiger partial charge in [-0.25, -0.2) is 0 Å². The van der Waals surface area contributed by atoms with Gasteiger partial charge in [0.1, 0.15) is 0 Å². The molecule has 0 bridgehead atoms. The molecule has 2 aromatic rings. The molecule has 2 nitrogen and oxygen atoms in total. The second-order valence-electron chi connectivity index (χ2n) is 10.8. The number of benzene rings is 2. The first kappa shape index (κ1) is 25.9. The third-order valence-electron chi connectivity index (χ3n) is 5.18. The van der Waals surface area contributed by atoms with Crippen LogP contribution in [0, 0.1) is 34.5 Å². The summed E-state index contributed by atoms with van der Waals surface area (Å²) in [5, 5.41) is 0. The summed E-state index contributed by atoms with van der Waals surface area (Å²) in [4.78, 5) is 4.17. The number of rotatable bonds is 2. The lowest BCUT2D eigenvalue weighted by atomic mass is 9.82. The lowest BCUT2D eigenvalue weighted by Gasteiger charge is -2.20. The minimum Gasteiger partial charge on any atom is -0.378 e. The summed E-state index contributed by atoms with van der Waals surface area (Å²) >= 11 is 0. The van der Waals surface area contributed by atoms with Crippen LogP contribution in [-0.2, 0) is 0 Å². The zero-order chi connectivity index (χ0) is 24.8. The van der Waals surface area contributed by atoms with Gasteiger partial charge in [-0.15, -0.1) is 0 Å². The normalized spacial score (nSPS) is 10.7. The van der Waals surface area contributed by atoms with Crippen molar-refractivity contribution in [3.63, 3.8) is 0 Å². The molecule has 0 saturated heterocycles. The average molecular weight is 439 g/mol. The van der Waals surface area contributed by atoms with E-state index >= 15 is 0 Å². The number of anilines is 2. The molecule has 0 aromatic heterocycles. The molecule has 2 aromatic carbocycles. The molecule has 172 valence electrons. The summed E-state index contributed by atoms with van der Waals surface area (Å²) in [7, 11) is 8.16.